The second-order valence-corrected chi connectivity index (χ2v) is 9.16. The highest BCUT2D eigenvalue weighted by Crippen LogP contribution is 2.32. The first-order chi connectivity index (χ1) is 13.2. The average molecular weight is 454 g/mol. The van der Waals surface area contributed by atoms with Crippen molar-refractivity contribution in [2.45, 2.75) is 46.0 Å². The quantitative estimate of drug-likeness (QED) is 0.638. The molecule has 28 heavy (non-hydrogen) atoms. The van der Waals surface area contributed by atoms with Crippen LogP contribution in [0.5, 0.6) is 0 Å². The Kier molecular flexibility index (Phi) is 6.29. The van der Waals surface area contributed by atoms with Crippen LogP contribution in [0.15, 0.2) is 22.8 Å². The van der Waals surface area contributed by atoms with Crippen LogP contribution in [0, 0.1) is 11.8 Å². The van der Waals surface area contributed by atoms with Crippen LogP contribution in [0.2, 0.25) is 0 Å². The molecule has 1 aromatic rings. The Labute approximate surface area is 174 Å². The van der Waals surface area contributed by atoms with Gasteiger partial charge in [-0.25, -0.2) is 9.78 Å². The molecular formula is C20H28BrN3O4. The van der Waals surface area contributed by atoms with Gasteiger partial charge in [0.1, 0.15) is 5.82 Å². The minimum absolute atomic E-state index is 0.0308. The van der Waals surface area contributed by atoms with Gasteiger partial charge in [0.2, 0.25) is 11.7 Å². The first-order valence-corrected chi connectivity index (χ1v) is 10.5. The van der Waals surface area contributed by atoms with Crippen molar-refractivity contribution in [1.29, 1.82) is 0 Å². The summed E-state index contributed by atoms with van der Waals surface area (Å²) in [6.45, 7) is 10.1. The molecule has 0 aromatic carbocycles. The van der Waals surface area contributed by atoms with Gasteiger partial charge in [0.25, 0.3) is 0 Å². The number of amides is 1. The van der Waals surface area contributed by atoms with Crippen molar-refractivity contribution in [3.05, 3.63) is 22.8 Å². The zero-order valence-corrected chi connectivity index (χ0v) is 18.4. The monoisotopic (exact) mass is 453 g/mol. The van der Waals surface area contributed by atoms with Crippen molar-refractivity contribution in [3.63, 3.8) is 0 Å². The molecule has 154 valence electrons. The Morgan fingerprint density at radius 2 is 1.96 bits per heavy atom. The van der Waals surface area contributed by atoms with Crippen LogP contribution in [0.25, 0.3) is 0 Å². The molecule has 3 rings (SSSR count). The van der Waals surface area contributed by atoms with Crippen LogP contribution in [0.1, 0.15) is 34.1 Å². The average Bonchev–Trinajstić information content (AvgIpc) is 2.92. The fourth-order valence-electron chi connectivity index (χ4n) is 3.73. The minimum Gasteiger partial charge on any atom is -0.432 e. The number of anilines is 1. The molecule has 0 spiro atoms. The van der Waals surface area contributed by atoms with Gasteiger partial charge in [0.05, 0.1) is 5.92 Å². The third-order valence-electron chi connectivity index (χ3n) is 5.02. The summed E-state index contributed by atoms with van der Waals surface area (Å²) in [5, 5.41) is 0. The largest absolute Gasteiger partial charge is 0.432 e. The number of ether oxygens (including phenoxy) is 2. The SMILES string of the molecule is CC(C)C[C@H](C(=O)N1CCN(c2ccc(Br)cn2)CC1)[C@H]1OC(C)(C)OC1=O. The lowest BCUT2D eigenvalue weighted by molar-refractivity contribution is -0.163. The summed E-state index contributed by atoms with van der Waals surface area (Å²) in [4.78, 5) is 34.0. The molecule has 2 aliphatic rings. The van der Waals surface area contributed by atoms with Crippen molar-refractivity contribution >= 4 is 33.6 Å². The number of rotatable bonds is 5. The van der Waals surface area contributed by atoms with Gasteiger partial charge in [-0.1, -0.05) is 13.8 Å². The second kappa shape index (κ2) is 8.37. The van der Waals surface area contributed by atoms with Gasteiger partial charge in [-0.3, -0.25) is 4.79 Å². The Morgan fingerprint density at radius 1 is 1.29 bits per heavy atom. The maximum absolute atomic E-state index is 13.3. The second-order valence-electron chi connectivity index (χ2n) is 8.24. The molecule has 0 radical (unpaired) electrons. The molecule has 2 saturated heterocycles. The zero-order chi connectivity index (χ0) is 20.5. The molecule has 8 heteroatoms. The van der Waals surface area contributed by atoms with Gasteiger partial charge >= 0.3 is 5.97 Å². The molecule has 2 fully saturated rings. The third kappa shape index (κ3) is 4.84. The number of esters is 1. The number of pyridine rings is 1. The number of cyclic esters (lactones) is 1. The van der Waals surface area contributed by atoms with E-state index in [9.17, 15) is 9.59 Å². The summed E-state index contributed by atoms with van der Waals surface area (Å²) < 4.78 is 12.0. The number of carbonyl (C=O) groups is 2. The van der Waals surface area contributed by atoms with E-state index in [4.69, 9.17) is 9.47 Å². The maximum Gasteiger partial charge on any atom is 0.338 e. The van der Waals surface area contributed by atoms with Crippen molar-refractivity contribution in [1.82, 2.24) is 9.88 Å². The molecule has 1 aromatic heterocycles. The summed E-state index contributed by atoms with van der Waals surface area (Å²) in [6.07, 6.45) is 1.52. The third-order valence-corrected chi connectivity index (χ3v) is 5.49. The van der Waals surface area contributed by atoms with E-state index in [1.807, 2.05) is 30.9 Å². The highest BCUT2D eigenvalue weighted by molar-refractivity contribution is 9.10. The molecule has 2 atom stereocenters. The fraction of sp³-hybridized carbons (Fsp3) is 0.650. The predicted molar refractivity (Wildman–Crippen MR) is 109 cm³/mol. The van der Waals surface area contributed by atoms with Gasteiger partial charge in [-0.2, -0.15) is 0 Å². The van der Waals surface area contributed by atoms with Gasteiger partial charge in [0.15, 0.2) is 6.10 Å². The highest BCUT2D eigenvalue weighted by atomic mass is 79.9. The molecule has 0 aliphatic carbocycles. The van der Waals surface area contributed by atoms with Gasteiger partial charge in [-0.15, -0.1) is 0 Å². The van der Waals surface area contributed by atoms with E-state index < -0.39 is 23.8 Å². The smallest absolute Gasteiger partial charge is 0.338 e. The Bertz CT molecular complexity index is 715. The number of piperazine rings is 1. The van der Waals surface area contributed by atoms with E-state index in [2.05, 4.69) is 25.8 Å². The van der Waals surface area contributed by atoms with Crippen LogP contribution in [-0.4, -0.2) is 59.8 Å². The number of hydrogen-bond donors (Lipinski definition) is 0. The molecule has 0 saturated carbocycles. The van der Waals surface area contributed by atoms with E-state index in [1.165, 1.54) is 0 Å². The van der Waals surface area contributed by atoms with E-state index in [-0.39, 0.29) is 11.8 Å². The molecule has 0 unspecified atom stereocenters. The lowest BCUT2D eigenvalue weighted by atomic mass is 9.90. The fourth-order valence-corrected chi connectivity index (χ4v) is 3.97. The molecule has 2 aliphatic heterocycles. The normalized spacial score (nSPS) is 23.1. The van der Waals surface area contributed by atoms with Gasteiger partial charge in [0, 0.05) is 50.7 Å². The summed E-state index contributed by atoms with van der Waals surface area (Å²) in [6, 6.07) is 3.93. The summed E-state index contributed by atoms with van der Waals surface area (Å²) in [5.74, 6) is -0.811. The molecule has 7 nitrogen and oxygen atoms in total. The Balaban J connectivity index is 1.67. The van der Waals surface area contributed by atoms with E-state index in [0.717, 1.165) is 10.3 Å². The number of halogens is 1. The number of aromatic nitrogens is 1. The Hall–Kier alpha value is -1.67. The van der Waals surface area contributed by atoms with Crippen molar-refractivity contribution in [2.24, 2.45) is 11.8 Å². The standard InChI is InChI=1S/C20H28BrN3O4/c1-13(2)11-15(17-19(26)28-20(3,4)27-17)18(25)24-9-7-23(8-10-24)16-6-5-14(21)12-22-16/h5-6,12-13,15,17H,7-11H2,1-4H3/t15-,17+/m0/s1. The first-order valence-electron chi connectivity index (χ1n) is 9.72. The van der Waals surface area contributed by atoms with Crippen LogP contribution >= 0.6 is 15.9 Å². The molecule has 3 heterocycles. The molecule has 0 N–H and O–H groups in total. The Morgan fingerprint density at radius 3 is 2.46 bits per heavy atom. The number of hydrogen-bond acceptors (Lipinski definition) is 6. The van der Waals surface area contributed by atoms with E-state index in [1.54, 1.807) is 20.0 Å². The number of nitrogens with zero attached hydrogens (tertiary/aromatic N) is 3. The van der Waals surface area contributed by atoms with E-state index in [0.29, 0.717) is 32.6 Å². The van der Waals surface area contributed by atoms with Crippen molar-refractivity contribution in [2.75, 3.05) is 31.1 Å². The van der Waals surface area contributed by atoms with Crippen molar-refractivity contribution < 1.29 is 19.1 Å². The first kappa shape index (κ1) is 21.0. The zero-order valence-electron chi connectivity index (χ0n) is 16.9. The number of carbonyl (C=O) groups excluding carboxylic acids is 2. The van der Waals surface area contributed by atoms with Crippen LogP contribution in [0.3, 0.4) is 0 Å². The molecular weight excluding hydrogens is 426 g/mol. The molecule has 1 amide bonds. The van der Waals surface area contributed by atoms with Crippen molar-refractivity contribution in [3.8, 4) is 0 Å². The van der Waals surface area contributed by atoms with Crippen LogP contribution in [-0.2, 0) is 19.1 Å². The van der Waals surface area contributed by atoms with Gasteiger partial charge < -0.3 is 19.3 Å². The predicted octanol–water partition coefficient (Wildman–Crippen LogP) is 2.83. The molecule has 0 bridgehead atoms. The summed E-state index contributed by atoms with van der Waals surface area (Å²) in [7, 11) is 0. The summed E-state index contributed by atoms with van der Waals surface area (Å²) >= 11 is 3.40. The lowest BCUT2D eigenvalue weighted by Crippen LogP contribution is -2.52. The highest BCUT2D eigenvalue weighted by Gasteiger charge is 2.48. The van der Waals surface area contributed by atoms with E-state index >= 15 is 0 Å². The maximum atomic E-state index is 13.3. The lowest BCUT2D eigenvalue weighted by Gasteiger charge is -2.37. The topological polar surface area (TPSA) is 72.0 Å². The van der Waals surface area contributed by atoms with Crippen LogP contribution < -0.4 is 4.90 Å². The van der Waals surface area contributed by atoms with Crippen LogP contribution in [0.4, 0.5) is 5.82 Å². The summed E-state index contributed by atoms with van der Waals surface area (Å²) in [5.41, 5.74) is 0. The minimum atomic E-state index is -0.983. The van der Waals surface area contributed by atoms with Gasteiger partial charge in [-0.05, 0) is 40.4 Å².